The fourth-order valence-corrected chi connectivity index (χ4v) is 3.75. The topological polar surface area (TPSA) is 86.1 Å². The lowest BCUT2D eigenvalue weighted by atomic mass is 10.1. The van der Waals surface area contributed by atoms with Gasteiger partial charge in [0, 0.05) is 35.1 Å². The molecule has 0 atom stereocenters. The first-order valence-electron chi connectivity index (χ1n) is 9.43. The van der Waals surface area contributed by atoms with Crippen molar-refractivity contribution >= 4 is 23.4 Å². The molecule has 0 spiro atoms. The highest BCUT2D eigenvalue weighted by molar-refractivity contribution is 7.98. The number of amides is 1. The van der Waals surface area contributed by atoms with Crippen molar-refractivity contribution in [2.45, 2.75) is 38.2 Å². The smallest absolute Gasteiger partial charge is 0.244 e. The van der Waals surface area contributed by atoms with Gasteiger partial charge in [0.1, 0.15) is 6.54 Å². The Bertz CT molecular complexity index is 1130. The van der Waals surface area contributed by atoms with Crippen molar-refractivity contribution in [1.29, 1.82) is 0 Å². The van der Waals surface area contributed by atoms with Crippen LogP contribution in [0.5, 0.6) is 5.75 Å². The van der Waals surface area contributed by atoms with Gasteiger partial charge in [-0.3, -0.25) is 9.59 Å². The van der Waals surface area contributed by atoms with Gasteiger partial charge in [-0.15, -0.1) is 0 Å². The van der Waals surface area contributed by atoms with Crippen molar-refractivity contribution in [3.05, 3.63) is 75.5 Å². The summed E-state index contributed by atoms with van der Waals surface area (Å²) in [5.74, 6) is 0.446. The first-order chi connectivity index (χ1) is 14.4. The molecule has 2 heterocycles. The van der Waals surface area contributed by atoms with Gasteiger partial charge < -0.3 is 14.6 Å². The zero-order chi connectivity index (χ0) is 21.7. The third-order valence-corrected chi connectivity index (χ3v) is 5.61. The third kappa shape index (κ3) is 5.27. The van der Waals surface area contributed by atoms with Crippen molar-refractivity contribution < 1.29 is 9.53 Å². The first kappa shape index (κ1) is 21.6. The lowest BCUT2D eigenvalue weighted by molar-refractivity contribution is -0.116. The van der Waals surface area contributed by atoms with Crippen LogP contribution >= 0.6 is 11.8 Å². The minimum atomic E-state index is -0.232. The van der Waals surface area contributed by atoms with Gasteiger partial charge in [-0.2, -0.15) is 0 Å². The molecule has 0 aliphatic carbocycles. The molecule has 3 aromatic rings. The highest BCUT2D eigenvalue weighted by atomic mass is 32.2. The summed E-state index contributed by atoms with van der Waals surface area (Å²) in [6.45, 7) is 5.92. The number of thioether (sulfide) groups is 1. The number of nitrogens with one attached hydrogen (secondary N) is 1. The van der Waals surface area contributed by atoms with Crippen molar-refractivity contribution in [3.8, 4) is 5.75 Å². The van der Waals surface area contributed by atoms with Crippen LogP contribution in [0.2, 0.25) is 0 Å². The number of pyridine rings is 1. The molecule has 0 radical (unpaired) electrons. The van der Waals surface area contributed by atoms with Crippen LogP contribution in [0, 0.1) is 20.8 Å². The number of aryl methyl sites for hydroxylation is 2. The Kier molecular flexibility index (Phi) is 6.89. The summed E-state index contributed by atoms with van der Waals surface area (Å²) >= 11 is 1.41. The summed E-state index contributed by atoms with van der Waals surface area (Å²) in [7, 11) is 1.44. The molecule has 1 aromatic carbocycles. The van der Waals surface area contributed by atoms with E-state index < -0.39 is 0 Å². The van der Waals surface area contributed by atoms with Crippen LogP contribution in [0.25, 0.3) is 0 Å². The summed E-state index contributed by atoms with van der Waals surface area (Å²) in [6, 6.07) is 9.10. The summed E-state index contributed by atoms with van der Waals surface area (Å²) < 4.78 is 6.88. The second-order valence-corrected chi connectivity index (χ2v) is 7.83. The van der Waals surface area contributed by atoms with Crippen LogP contribution in [-0.2, 0) is 17.1 Å². The molecule has 7 nitrogen and oxygen atoms in total. The van der Waals surface area contributed by atoms with Crippen molar-refractivity contribution in [3.63, 3.8) is 0 Å². The normalized spacial score (nSPS) is 10.7. The van der Waals surface area contributed by atoms with Crippen LogP contribution in [0.15, 0.2) is 52.7 Å². The quantitative estimate of drug-likeness (QED) is 0.461. The van der Waals surface area contributed by atoms with Gasteiger partial charge in [0.15, 0.2) is 10.9 Å². The molecular formula is C22H24N4O3S. The van der Waals surface area contributed by atoms with E-state index in [-0.39, 0.29) is 23.6 Å². The summed E-state index contributed by atoms with van der Waals surface area (Å²) in [6.07, 6.45) is 3.27. The predicted octanol–water partition coefficient (Wildman–Crippen LogP) is 3.50. The van der Waals surface area contributed by atoms with Gasteiger partial charge in [0.2, 0.25) is 11.3 Å². The second-order valence-electron chi connectivity index (χ2n) is 6.89. The molecule has 0 aliphatic rings. The third-order valence-electron chi connectivity index (χ3n) is 4.72. The monoisotopic (exact) mass is 424 g/mol. The Morgan fingerprint density at radius 1 is 1.23 bits per heavy atom. The highest BCUT2D eigenvalue weighted by Gasteiger charge is 2.13. The van der Waals surface area contributed by atoms with E-state index in [9.17, 15) is 9.59 Å². The highest BCUT2D eigenvalue weighted by Crippen LogP contribution is 2.21. The summed E-state index contributed by atoms with van der Waals surface area (Å²) in [4.78, 5) is 33.6. The van der Waals surface area contributed by atoms with Crippen molar-refractivity contribution in [2.75, 3.05) is 12.4 Å². The Labute approximate surface area is 179 Å². The van der Waals surface area contributed by atoms with E-state index in [1.807, 2.05) is 45.0 Å². The molecule has 1 amide bonds. The number of aromatic nitrogens is 3. The number of ether oxygens (including phenoxy) is 1. The van der Waals surface area contributed by atoms with Crippen LogP contribution < -0.4 is 15.5 Å². The average molecular weight is 425 g/mol. The molecule has 0 saturated heterocycles. The molecule has 0 saturated carbocycles. The molecule has 0 bridgehead atoms. The van der Waals surface area contributed by atoms with Gasteiger partial charge >= 0.3 is 0 Å². The number of anilines is 1. The number of rotatable bonds is 7. The zero-order valence-corrected chi connectivity index (χ0v) is 18.2. The molecule has 156 valence electrons. The van der Waals surface area contributed by atoms with E-state index in [0.717, 1.165) is 22.5 Å². The van der Waals surface area contributed by atoms with E-state index in [1.165, 1.54) is 24.9 Å². The largest absolute Gasteiger partial charge is 0.491 e. The summed E-state index contributed by atoms with van der Waals surface area (Å²) in [5.41, 5.74) is 4.23. The molecule has 0 unspecified atom stereocenters. The van der Waals surface area contributed by atoms with E-state index in [4.69, 9.17) is 4.74 Å². The van der Waals surface area contributed by atoms with E-state index >= 15 is 0 Å². The van der Waals surface area contributed by atoms with E-state index in [0.29, 0.717) is 16.6 Å². The Balaban J connectivity index is 1.82. The van der Waals surface area contributed by atoms with Gasteiger partial charge in [-0.1, -0.05) is 23.9 Å². The molecule has 0 fully saturated rings. The number of hydrogen-bond acceptors (Lipinski definition) is 6. The molecule has 8 heteroatoms. The molecule has 3 rings (SSSR count). The lowest BCUT2D eigenvalue weighted by Gasteiger charge is -2.16. The van der Waals surface area contributed by atoms with Crippen LogP contribution in [0.3, 0.4) is 0 Å². The maximum absolute atomic E-state index is 12.7. The lowest BCUT2D eigenvalue weighted by Crippen LogP contribution is -2.23. The Morgan fingerprint density at radius 2 is 2.03 bits per heavy atom. The fourth-order valence-electron chi connectivity index (χ4n) is 2.88. The number of benzene rings is 1. The number of hydrogen-bond donors (Lipinski definition) is 1. The van der Waals surface area contributed by atoms with Crippen LogP contribution in [-0.4, -0.2) is 27.6 Å². The molecular weight excluding hydrogens is 400 g/mol. The zero-order valence-electron chi connectivity index (χ0n) is 17.4. The molecule has 2 aromatic heterocycles. The maximum atomic E-state index is 12.7. The van der Waals surface area contributed by atoms with Gasteiger partial charge in [0.05, 0.1) is 13.3 Å². The summed E-state index contributed by atoms with van der Waals surface area (Å²) in [5, 5.41) is 3.57. The number of carbonyl (C=O) groups excluding carboxylic acids is 1. The van der Waals surface area contributed by atoms with Crippen molar-refractivity contribution in [2.24, 2.45) is 0 Å². The van der Waals surface area contributed by atoms with Crippen LogP contribution in [0.4, 0.5) is 5.69 Å². The van der Waals surface area contributed by atoms with Crippen LogP contribution in [0.1, 0.15) is 22.5 Å². The van der Waals surface area contributed by atoms with E-state index in [2.05, 4.69) is 15.3 Å². The fraction of sp³-hybridized carbons (Fsp3) is 0.273. The minimum absolute atomic E-state index is 0.0502. The number of carbonyl (C=O) groups is 1. The predicted molar refractivity (Wildman–Crippen MR) is 118 cm³/mol. The van der Waals surface area contributed by atoms with Gasteiger partial charge in [-0.05, 0) is 44.0 Å². The average Bonchev–Trinajstić information content (AvgIpc) is 2.71. The maximum Gasteiger partial charge on any atom is 0.244 e. The standard InChI is InChI=1S/C22H24N4O3S/c1-14-6-5-7-18(16(14)3)25-21(28)12-26-11-20(29-4)19(27)10-17(26)13-30-22-23-9-8-15(2)24-22/h5-11H,12-13H2,1-4H3,(H,25,28). The SMILES string of the molecule is COc1cn(CC(=O)Nc2cccc(C)c2C)c(CSc2nccc(C)n2)cc1=O. The Morgan fingerprint density at radius 3 is 2.77 bits per heavy atom. The molecule has 1 N–H and O–H groups in total. The van der Waals surface area contributed by atoms with Crippen molar-refractivity contribution in [1.82, 2.24) is 14.5 Å². The van der Waals surface area contributed by atoms with Gasteiger partial charge in [-0.25, -0.2) is 9.97 Å². The molecule has 30 heavy (non-hydrogen) atoms. The number of methoxy groups -OCH3 is 1. The first-order valence-corrected chi connectivity index (χ1v) is 10.4. The Hall–Kier alpha value is -3.13. The van der Waals surface area contributed by atoms with E-state index in [1.54, 1.807) is 17.0 Å². The number of nitrogens with zero attached hydrogens (tertiary/aromatic N) is 3. The molecule has 0 aliphatic heterocycles. The second kappa shape index (κ2) is 9.58. The minimum Gasteiger partial charge on any atom is -0.491 e. The van der Waals surface area contributed by atoms with Gasteiger partial charge in [0.25, 0.3) is 0 Å².